The Kier molecular flexibility index (Phi) is 4.01. The summed E-state index contributed by atoms with van der Waals surface area (Å²) in [4.78, 5) is 0. The van der Waals surface area contributed by atoms with E-state index in [1.165, 1.54) is 0 Å². The highest BCUT2D eigenvalue weighted by Crippen LogP contribution is 2.36. The number of benzene rings is 1. The molecule has 0 atom stereocenters. The molecule has 0 nitrogen and oxygen atoms in total. The minimum Gasteiger partial charge on any atom is -0.179 e. The summed E-state index contributed by atoms with van der Waals surface area (Å²) in [7, 11) is 0. The second-order valence-electron chi connectivity index (χ2n) is 3.39. The van der Waals surface area contributed by atoms with Crippen molar-refractivity contribution in [1.82, 2.24) is 0 Å². The second kappa shape index (κ2) is 4.80. The molecule has 0 radical (unpaired) electrons. The van der Waals surface area contributed by atoms with E-state index in [0.29, 0.717) is 12.1 Å². The molecule has 7 heteroatoms. The van der Waals surface area contributed by atoms with Crippen LogP contribution in [0.15, 0.2) is 18.2 Å². The molecule has 1 rings (SSSR count). The van der Waals surface area contributed by atoms with E-state index >= 15 is 0 Å². The molecule has 0 saturated carbocycles. The Morgan fingerprint density at radius 2 is 1.24 bits per heavy atom. The Morgan fingerprint density at radius 1 is 0.824 bits per heavy atom. The molecule has 0 N–H and O–H groups in total. The molecule has 1 aromatic carbocycles. The summed E-state index contributed by atoms with van der Waals surface area (Å²) in [5, 5.41) is 0. The topological polar surface area (TPSA) is 0 Å². The first-order valence-corrected chi connectivity index (χ1v) is 5.17. The highest BCUT2D eigenvalue weighted by atomic mass is 32.1. The van der Waals surface area contributed by atoms with Gasteiger partial charge in [0.15, 0.2) is 0 Å². The van der Waals surface area contributed by atoms with Crippen molar-refractivity contribution in [2.45, 2.75) is 18.8 Å². The smallest absolute Gasteiger partial charge is 0.179 e. The van der Waals surface area contributed by atoms with E-state index in [1.807, 2.05) is 0 Å². The van der Waals surface area contributed by atoms with Crippen LogP contribution < -0.4 is 0 Å². The van der Waals surface area contributed by atoms with Crippen LogP contribution in [0.3, 0.4) is 0 Å². The van der Waals surface area contributed by atoms with E-state index in [1.54, 1.807) is 0 Å². The van der Waals surface area contributed by atoms with Gasteiger partial charge in [0.2, 0.25) is 0 Å². The van der Waals surface area contributed by atoms with Gasteiger partial charge in [0.05, 0.1) is 11.1 Å². The van der Waals surface area contributed by atoms with Gasteiger partial charge in [-0.05, 0) is 35.9 Å². The molecule has 0 unspecified atom stereocenters. The number of aryl methyl sites for hydroxylation is 1. The summed E-state index contributed by atoms with van der Waals surface area (Å²) < 4.78 is 74.3. The van der Waals surface area contributed by atoms with E-state index in [9.17, 15) is 26.3 Å². The maximum Gasteiger partial charge on any atom is 0.416 e. The van der Waals surface area contributed by atoms with Crippen molar-refractivity contribution < 1.29 is 26.3 Å². The first-order chi connectivity index (χ1) is 7.64. The van der Waals surface area contributed by atoms with E-state index in [-0.39, 0.29) is 23.8 Å². The van der Waals surface area contributed by atoms with Crippen molar-refractivity contribution in [2.75, 3.05) is 5.75 Å². The van der Waals surface area contributed by atoms with Gasteiger partial charge in [0, 0.05) is 0 Å². The molecular weight excluding hydrogens is 266 g/mol. The van der Waals surface area contributed by atoms with Crippen molar-refractivity contribution in [1.29, 1.82) is 0 Å². The third kappa shape index (κ3) is 3.83. The zero-order chi connectivity index (χ0) is 13.3. The van der Waals surface area contributed by atoms with Crippen molar-refractivity contribution >= 4 is 12.6 Å². The van der Waals surface area contributed by atoms with Crippen LogP contribution in [0.4, 0.5) is 26.3 Å². The molecule has 0 amide bonds. The highest BCUT2D eigenvalue weighted by Gasteiger charge is 2.36. The average molecular weight is 274 g/mol. The molecule has 1 aromatic rings. The monoisotopic (exact) mass is 274 g/mol. The fourth-order valence-electron chi connectivity index (χ4n) is 1.29. The molecule has 0 heterocycles. The Hall–Kier alpha value is -0.850. The Bertz CT molecular complexity index is 361. The van der Waals surface area contributed by atoms with Crippen molar-refractivity contribution in [3.63, 3.8) is 0 Å². The number of alkyl halides is 6. The minimum atomic E-state index is -4.79. The third-order valence-corrected chi connectivity index (χ3v) is 2.27. The Labute approximate surface area is 99.0 Å². The lowest BCUT2D eigenvalue weighted by Gasteiger charge is -2.13. The number of hydrogen-bond donors (Lipinski definition) is 1. The van der Waals surface area contributed by atoms with Gasteiger partial charge in [0.25, 0.3) is 0 Å². The molecule has 0 aliphatic rings. The molecule has 0 aliphatic heterocycles. The zero-order valence-corrected chi connectivity index (χ0v) is 9.26. The quantitative estimate of drug-likeness (QED) is 0.606. The molecule has 0 aromatic heterocycles. The minimum absolute atomic E-state index is 0.0258. The predicted molar refractivity (Wildman–Crippen MR) is 54.0 cm³/mol. The normalized spacial score (nSPS) is 12.9. The lowest BCUT2D eigenvalue weighted by atomic mass is 10.0. The van der Waals surface area contributed by atoms with Crippen LogP contribution in [0, 0.1) is 0 Å². The van der Waals surface area contributed by atoms with E-state index < -0.39 is 23.5 Å². The van der Waals surface area contributed by atoms with Crippen LogP contribution >= 0.6 is 12.6 Å². The van der Waals surface area contributed by atoms with Gasteiger partial charge in [-0.2, -0.15) is 39.0 Å². The largest absolute Gasteiger partial charge is 0.416 e. The molecule has 0 spiro atoms. The van der Waals surface area contributed by atoms with Gasteiger partial charge in [-0.25, -0.2) is 0 Å². The van der Waals surface area contributed by atoms with Gasteiger partial charge in [0.1, 0.15) is 0 Å². The summed E-state index contributed by atoms with van der Waals surface area (Å²) >= 11 is 3.78. The summed E-state index contributed by atoms with van der Waals surface area (Å²) in [5.41, 5.74) is -2.60. The van der Waals surface area contributed by atoms with Crippen LogP contribution in [-0.4, -0.2) is 5.75 Å². The summed E-state index contributed by atoms with van der Waals surface area (Å²) in [6.07, 6.45) is -9.52. The number of rotatable bonds is 2. The fraction of sp³-hybridized carbons (Fsp3) is 0.400. The number of thiol groups is 1. The molecule has 17 heavy (non-hydrogen) atoms. The second-order valence-corrected chi connectivity index (χ2v) is 3.83. The summed E-state index contributed by atoms with van der Waals surface area (Å²) in [6, 6.07) is 1.54. The molecule has 0 bridgehead atoms. The molecule has 0 aliphatic carbocycles. The van der Waals surface area contributed by atoms with E-state index in [4.69, 9.17) is 0 Å². The third-order valence-electron chi connectivity index (χ3n) is 2.05. The first kappa shape index (κ1) is 14.2. The maximum absolute atomic E-state index is 12.4. The van der Waals surface area contributed by atoms with Crippen LogP contribution in [0.25, 0.3) is 0 Å². The lowest BCUT2D eigenvalue weighted by Crippen LogP contribution is -2.11. The van der Waals surface area contributed by atoms with Gasteiger partial charge in [-0.15, -0.1) is 0 Å². The van der Waals surface area contributed by atoms with Crippen molar-refractivity contribution in [3.05, 3.63) is 34.9 Å². The van der Waals surface area contributed by atoms with Crippen LogP contribution in [0.2, 0.25) is 0 Å². The first-order valence-electron chi connectivity index (χ1n) is 4.54. The van der Waals surface area contributed by atoms with Crippen LogP contribution in [0.1, 0.15) is 16.7 Å². The van der Waals surface area contributed by atoms with Crippen LogP contribution in [-0.2, 0) is 18.8 Å². The van der Waals surface area contributed by atoms with Gasteiger partial charge < -0.3 is 0 Å². The molecular formula is C10H8F6S. The van der Waals surface area contributed by atoms with E-state index in [2.05, 4.69) is 12.6 Å². The fourth-order valence-corrected chi connectivity index (χ4v) is 1.55. The predicted octanol–water partition coefficient (Wildman–Crippen LogP) is 4.20. The molecule has 0 fully saturated rings. The highest BCUT2D eigenvalue weighted by molar-refractivity contribution is 7.80. The number of halogens is 6. The van der Waals surface area contributed by atoms with Crippen molar-refractivity contribution in [3.8, 4) is 0 Å². The summed E-state index contributed by atoms with van der Waals surface area (Å²) in [5.74, 6) is 0.179. The molecule has 0 saturated heterocycles. The lowest BCUT2D eigenvalue weighted by molar-refractivity contribution is -0.143. The maximum atomic E-state index is 12.4. The van der Waals surface area contributed by atoms with Gasteiger partial charge in [-0.1, -0.05) is 0 Å². The Balaban J connectivity index is 3.29. The van der Waals surface area contributed by atoms with Gasteiger partial charge >= 0.3 is 12.4 Å². The SMILES string of the molecule is FC(F)(F)c1cc(CCS)cc(C(F)(F)F)c1. The number of hydrogen-bond acceptors (Lipinski definition) is 1. The standard InChI is InChI=1S/C10H8F6S/c11-9(12,13)7-3-6(1-2-17)4-8(5-7)10(14,15)16/h3-5,17H,1-2H2. The van der Waals surface area contributed by atoms with Crippen molar-refractivity contribution in [2.24, 2.45) is 0 Å². The van der Waals surface area contributed by atoms with Gasteiger partial charge in [-0.3, -0.25) is 0 Å². The Morgan fingerprint density at radius 3 is 1.53 bits per heavy atom. The van der Waals surface area contributed by atoms with Crippen LogP contribution in [0.5, 0.6) is 0 Å². The zero-order valence-electron chi connectivity index (χ0n) is 8.36. The average Bonchev–Trinajstić information content (AvgIpc) is 2.15. The molecule has 96 valence electrons. The van der Waals surface area contributed by atoms with E-state index in [0.717, 1.165) is 0 Å². The summed E-state index contributed by atoms with van der Waals surface area (Å²) in [6.45, 7) is 0.